The van der Waals surface area contributed by atoms with Crippen LogP contribution in [-0.2, 0) is 13.0 Å². The van der Waals surface area contributed by atoms with Gasteiger partial charge in [0.25, 0.3) is 0 Å². The molecule has 0 amide bonds. The van der Waals surface area contributed by atoms with Crippen LogP contribution in [0.3, 0.4) is 0 Å². The molecule has 1 aliphatic carbocycles. The minimum Gasteiger partial charge on any atom is -0.487 e. The van der Waals surface area contributed by atoms with Crippen molar-refractivity contribution in [2.24, 2.45) is 5.92 Å². The van der Waals surface area contributed by atoms with Gasteiger partial charge in [0.05, 0.1) is 0 Å². The molecule has 1 heterocycles. The molecule has 1 saturated carbocycles. The van der Waals surface area contributed by atoms with Crippen molar-refractivity contribution in [3.8, 4) is 5.75 Å². The van der Waals surface area contributed by atoms with Gasteiger partial charge in [0.2, 0.25) is 0 Å². The second-order valence-corrected chi connectivity index (χ2v) is 7.23. The maximum atomic E-state index is 5.94. The third-order valence-electron chi connectivity index (χ3n) is 4.81. The van der Waals surface area contributed by atoms with Crippen molar-refractivity contribution in [3.63, 3.8) is 0 Å². The summed E-state index contributed by atoms with van der Waals surface area (Å²) in [5.74, 6) is 1.89. The molecule has 2 unspecified atom stereocenters. The fraction of sp³-hybridized carbons (Fsp3) is 0.667. The monoisotopic (exact) mass is 273 g/mol. The summed E-state index contributed by atoms with van der Waals surface area (Å²) in [5.41, 5.74) is 2.72. The molecule has 2 aliphatic rings. The van der Waals surface area contributed by atoms with Gasteiger partial charge in [0, 0.05) is 19.0 Å². The minimum absolute atomic E-state index is 0.0354. The number of nitrogens with one attached hydrogen (secondary N) is 1. The van der Waals surface area contributed by atoms with E-state index in [2.05, 4.69) is 44.3 Å². The standard InChI is InChI=1S/C18H27NO/c1-13-6-4-5-7-16(13)19-12-14-8-9-17-15(10-14)11-18(2,3)20-17/h8-10,13,16,19H,4-7,11-12H2,1-3H3. The lowest BCUT2D eigenvalue weighted by atomic mass is 9.86. The number of ether oxygens (including phenoxy) is 1. The SMILES string of the molecule is CC1CCCCC1NCc1ccc2c(c1)CC(C)(C)O2. The van der Waals surface area contributed by atoms with Crippen LogP contribution in [0.1, 0.15) is 57.6 Å². The fourth-order valence-electron chi connectivity index (χ4n) is 3.64. The molecule has 110 valence electrons. The van der Waals surface area contributed by atoms with E-state index >= 15 is 0 Å². The fourth-order valence-corrected chi connectivity index (χ4v) is 3.64. The molecule has 1 aromatic rings. The van der Waals surface area contributed by atoms with Crippen molar-refractivity contribution in [1.82, 2.24) is 5.32 Å². The second-order valence-electron chi connectivity index (χ2n) is 7.23. The lowest BCUT2D eigenvalue weighted by molar-refractivity contribution is 0.138. The predicted octanol–water partition coefficient (Wildman–Crippen LogP) is 4.07. The predicted molar refractivity (Wildman–Crippen MR) is 83.1 cm³/mol. The lowest BCUT2D eigenvalue weighted by Gasteiger charge is -2.29. The van der Waals surface area contributed by atoms with Gasteiger partial charge in [-0.1, -0.05) is 31.9 Å². The first-order chi connectivity index (χ1) is 9.53. The molecule has 0 aromatic heterocycles. The molecule has 0 bridgehead atoms. The van der Waals surface area contributed by atoms with E-state index in [1.807, 2.05) is 0 Å². The largest absolute Gasteiger partial charge is 0.487 e. The zero-order chi connectivity index (χ0) is 14.2. The Bertz CT molecular complexity index is 480. The number of rotatable bonds is 3. The first-order valence-corrected chi connectivity index (χ1v) is 8.08. The molecule has 0 radical (unpaired) electrons. The summed E-state index contributed by atoms with van der Waals surface area (Å²) in [6, 6.07) is 7.38. The summed E-state index contributed by atoms with van der Waals surface area (Å²) >= 11 is 0. The molecule has 0 saturated heterocycles. The summed E-state index contributed by atoms with van der Waals surface area (Å²) in [5, 5.41) is 3.76. The molecule has 2 heteroatoms. The molecule has 2 atom stereocenters. The topological polar surface area (TPSA) is 21.3 Å². The van der Waals surface area contributed by atoms with E-state index in [0.717, 1.165) is 24.6 Å². The van der Waals surface area contributed by atoms with E-state index in [9.17, 15) is 0 Å². The number of hydrogen-bond acceptors (Lipinski definition) is 2. The van der Waals surface area contributed by atoms with Gasteiger partial charge in [-0.3, -0.25) is 0 Å². The highest BCUT2D eigenvalue weighted by Crippen LogP contribution is 2.35. The summed E-state index contributed by atoms with van der Waals surface area (Å²) < 4.78 is 5.94. The summed E-state index contributed by atoms with van der Waals surface area (Å²) in [6.45, 7) is 7.70. The third kappa shape index (κ3) is 3.01. The first-order valence-electron chi connectivity index (χ1n) is 8.08. The normalized spacial score (nSPS) is 27.9. The summed E-state index contributed by atoms with van der Waals surface area (Å²) in [4.78, 5) is 0. The number of hydrogen-bond donors (Lipinski definition) is 1. The maximum absolute atomic E-state index is 5.94. The Kier molecular flexibility index (Phi) is 3.76. The van der Waals surface area contributed by atoms with Crippen molar-refractivity contribution < 1.29 is 4.74 Å². The van der Waals surface area contributed by atoms with E-state index in [1.54, 1.807) is 0 Å². The third-order valence-corrected chi connectivity index (χ3v) is 4.81. The van der Waals surface area contributed by atoms with E-state index in [-0.39, 0.29) is 5.60 Å². The van der Waals surface area contributed by atoms with Gasteiger partial charge >= 0.3 is 0 Å². The van der Waals surface area contributed by atoms with E-state index in [1.165, 1.54) is 36.8 Å². The minimum atomic E-state index is -0.0354. The van der Waals surface area contributed by atoms with Crippen LogP contribution in [0.4, 0.5) is 0 Å². The Balaban J connectivity index is 1.62. The van der Waals surface area contributed by atoms with Crippen molar-refractivity contribution in [3.05, 3.63) is 29.3 Å². The van der Waals surface area contributed by atoms with Crippen LogP contribution in [-0.4, -0.2) is 11.6 Å². The van der Waals surface area contributed by atoms with Crippen LogP contribution in [0.5, 0.6) is 5.75 Å². The highest BCUT2D eigenvalue weighted by atomic mass is 16.5. The molecule has 1 fully saturated rings. The smallest absolute Gasteiger partial charge is 0.123 e. The first kappa shape index (κ1) is 13.9. The van der Waals surface area contributed by atoms with E-state index < -0.39 is 0 Å². The van der Waals surface area contributed by atoms with Gasteiger partial charge in [0.1, 0.15) is 11.4 Å². The molecule has 1 N–H and O–H groups in total. The maximum Gasteiger partial charge on any atom is 0.123 e. The van der Waals surface area contributed by atoms with Gasteiger partial charge in [-0.2, -0.15) is 0 Å². The highest BCUT2D eigenvalue weighted by molar-refractivity contribution is 5.41. The van der Waals surface area contributed by atoms with E-state index in [4.69, 9.17) is 4.74 Å². The van der Waals surface area contributed by atoms with Crippen LogP contribution in [0.2, 0.25) is 0 Å². The van der Waals surface area contributed by atoms with Crippen LogP contribution in [0, 0.1) is 5.92 Å². The molecule has 3 rings (SSSR count). The van der Waals surface area contributed by atoms with Gasteiger partial charge < -0.3 is 10.1 Å². The van der Waals surface area contributed by atoms with Crippen LogP contribution >= 0.6 is 0 Å². The molecular formula is C18H27NO. The second kappa shape index (κ2) is 5.40. The van der Waals surface area contributed by atoms with Gasteiger partial charge in [-0.25, -0.2) is 0 Å². The molecular weight excluding hydrogens is 246 g/mol. The Morgan fingerprint density at radius 3 is 2.85 bits per heavy atom. The quantitative estimate of drug-likeness (QED) is 0.896. The molecule has 2 nitrogen and oxygen atoms in total. The van der Waals surface area contributed by atoms with Crippen molar-refractivity contribution in [2.75, 3.05) is 0 Å². The molecule has 1 aliphatic heterocycles. The van der Waals surface area contributed by atoms with Crippen LogP contribution in [0.15, 0.2) is 18.2 Å². The highest BCUT2D eigenvalue weighted by Gasteiger charge is 2.30. The average Bonchev–Trinajstić information content (AvgIpc) is 2.71. The average molecular weight is 273 g/mol. The van der Waals surface area contributed by atoms with Gasteiger partial charge in [-0.05, 0) is 49.8 Å². The lowest BCUT2D eigenvalue weighted by Crippen LogP contribution is -2.36. The molecule has 1 aromatic carbocycles. The Morgan fingerprint density at radius 1 is 1.25 bits per heavy atom. The summed E-state index contributed by atoms with van der Waals surface area (Å²) in [7, 11) is 0. The summed E-state index contributed by atoms with van der Waals surface area (Å²) in [6.07, 6.45) is 6.53. The van der Waals surface area contributed by atoms with Crippen LogP contribution in [0.25, 0.3) is 0 Å². The molecule has 20 heavy (non-hydrogen) atoms. The Hall–Kier alpha value is -1.02. The van der Waals surface area contributed by atoms with Crippen molar-refractivity contribution in [2.45, 2.75) is 71.1 Å². The zero-order valence-electron chi connectivity index (χ0n) is 13.0. The zero-order valence-corrected chi connectivity index (χ0v) is 13.0. The molecule has 0 spiro atoms. The Labute approximate surface area is 122 Å². The van der Waals surface area contributed by atoms with Gasteiger partial charge in [-0.15, -0.1) is 0 Å². The van der Waals surface area contributed by atoms with Crippen molar-refractivity contribution >= 4 is 0 Å². The Morgan fingerprint density at radius 2 is 2.05 bits per heavy atom. The number of benzene rings is 1. The van der Waals surface area contributed by atoms with Crippen LogP contribution < -0.4 is 10.1 Å². The van der Waals surface area contributed by atoms with Crippen molar-refractivity contribution in [1.29, 1.82) is 0 Å². The van der Waals surface area contributed by atoms with Gasteiger partial charge in [0.15, 0.2) is 0 Å². The number of fused-ring (bicyclic) bond motifs is 1. The van der Waals surface area contributed by atoms with E-state index in [0.29, 0.717) is 6.04 Å².